The van der Waals surface area contributed by atoms with Crippen LogP contribution in [0.5, 0.6) is 17.2 Å². The van der Waals surface area contributed by atoms with Crippen molar-refractivity contribution in [3.05, 3.63) is 94.5 Å². The number of carbonyl (C=O) groups excluding carboxylic acids is 1. The minimum atomic E-state index is -0.189. The average Bonchev–Trinajstić information content (AvgIpc) is 2.77. The molecule has 1 heterocycles. The molecule has 0 amide bonds. The molecule has 0 saturated heterocycles. The summed E-state index contributed by atoms with van der Waals surface area (Å²) in [4.78, 5) is 12.8. The van der Waals surface area contributed by atoms with Crippen molar-refractivity contribution in [3.8, 4) is 17.2 Å². The van der Waals surface area contributed by atoms with Crippen LogP contribution in [0.1, 0.15) is 21.5 Å². The Morgan fingerprint density at radius 3 is 2.59 bits per heavy atom. The first-order chi connectivity index (χ1) is 14.2. The highest BCUT2D eigenvalue weighted by Gasteiger charge is 2.13. The van der Waals surface area contributed by atoms with Gasteiger partial charge in [-0.15, -0.1) is 0 Å². The maximum absolute atomic E-state index is 12.8. The molecule has 0 aromatic heterocycles. The number of allylic oxidation sites excluding steroid dienone is 1. The van der Waals surface area contributed by atoms with E-state index in [1.165, 1.54) is 6.08 Å². The van der Waals surface area contributed by atoms with Gasteiger partial charge in [0.2, 0.25) is 0 Å². The van der Waals surface area contributed by atoms with Crippen LogP contribution in [0.4, 0.5) is 0 Å². The van der Waals surface area contributed by atoms with Crippen molar-refractivity contribution in [2.24, 2.45) is 0 Å². The number of ketones is 1. The molecule has 0 radical (unpaired) electrons. The Morgan fingerprint density at radius 2 is 1.76 bits per heavy atom. The van der Waals surface area contributed by atoms with Crippen molar-refractivity contribution >= 4 is 23.5 Å². The third-order valence-electron chi connectivity index (χ3n) is 4.44. The van der Waals surface area contributed by atoms with E-state index in [4.69, 9.17) is 25.8 Å². The number of hydrogen-bond donors (Lipinski definition) is 0. The van der Waals surface area contributed by atoms with Crippen molar-refractivity contribution in [2.75, 3.05) is 13.2 Å². The summed E-state index contributed by atoms with van der Waals surface area (Å²) in [6, 6.07) is 20.4. The predicted molar refractivity (Wildman–Crippen MR) is 113 cm³/mol. The van der Waals surface area contributed by atoms with E-state index in [2.05, 4.69) is 0 Å². The van der Waals surface area contributed by atoms with E-state index < -0.39 is 0 Å². The molecule has 0 unspecified atom stereocenters. The maximum atomic E-state index is 12.8. The number of rotatable bonds is 6. The smallest absolute Gasteiger partial charge is 0.189 e. The molecule has 1 aliphatic heterocycles. The monoisotopic (exact) mass is 406 g/mol. The van der Waals surface area contributed by atoms with E-state index in [9.17, 15) is 4.79 Å². The molecule has 1 aliphatic rings. The average molecular weight is 407 g/mol. The van der Waals surface area contributed by atoms with Crippen LogP contribution in [0.15, 0.2) is 72.8 Å². The van der Waals surface area contributed by atoms with Crippen LogP contribution in [0.3, 0.4) is 0 Å². The van der Waals surface area contributed by atoms with Gasteiger partial charge in [-0.05, 0) is 47.5 Å². The molecule has 0 spiro atoms. The van der Waals surface area contributed by atoms with E-state index >= 15 is 0 Å². The molecule has 5 heteroatoms. The highest BCUT2D eigenvalue weighted by Crippen LogP contribution is 2.31. The van der Waals surface area contributed by atoms with Gasteiger partial charge in [-0.1, -0.05) is 54.1 Å². The number of hydrogen-bond acceptors (Lipinski definition) is 4. The summed E-state index contributed by atoms with van der Waals surface area (Å²) in [6.07, 6.45) is 3.24. The van der Waals surface area contributed by atoms with Gasteiger partial charge in [-0.2, -0.15) is 0 Å². The molecule has 146 valence electrons. The number of carbonyl (C=O) groups is 1. The zero-order valence-corrected chi connectivity index (χ0v) is 16.4. The fraction of sp³-hybridized carbons (Fsp3) is 0.125. The van der Waals surface area contributed by atoms with E-state index in [1.54, 1.807) is 24.3 Å². The van der Waals surface area contributed by atoms with Gasteiger partial charge in [0, 0.05) is 5.02 Å². The second kappa shape index (κ2) is 8.84. The molecule has 0 fully saturated rings. The summed E-state index contributed by atoms with van der Waals surface area (Å²) in [6.45, 7) is 1.43. The Labute approximate surface area is 174 Å². The van der Waals surface area contributed by atoms with Crippen molar-refractivity contribution in [3.63, 3.8) is 0 Å². The minimum Gasteiger partial charge on any atom is -0.488 e. The predicted octanol–water partition coefficient (Wildman–Crippen LogP) is 5.59. The quantitative estimate of drug-likeness (QED) is 0.395. The summed E-state index contributed by atoms with van der Waals surface area (Å²) in [5, 5.41) is 0.480. The SMILES string of the molecule is O=C(C=Cc1ccc2c(c1)OCCO2)c1cc(Cl)ccc1OCc1ccccc1. The van der Waals surface area contributed by atoms with Crippen LogP contribution < -0.4 is 14.2 Å². The van der Waals surface area contributed by atoms with E-state index in [1.807, 2.05) is 48.5 Å². The summed E-state index contributed by atoms with van der Waals surface area (Å²) in [5.74, 6) is 1.70. The maximum Gasteiger partial charge on any atom is 0.189 e. The highest BCUT2D eigenvalue weighted by molar-refractivity contribution is 6.31. The van der Waals surface area contributed by atoms with Crippen LogP contribution in [0.25, 0.3) is 6.08 Å². The van der Waals surface area contributed by atoms with E-state index in [-0.39, 0.29) is 5.78 Å². The van der Waals surface area contributed by atoms with Gasteiger partial charge >= 0.3 is 0 Å². The number of fused-ring (bicyclic) bond motifs is 1. The fourth-order valence-electron chi connectivity index (χ4n) is 2.98. The van der Waals surface area contributed by atoms with Crippen LogP contribution >= 0.6 is 11.6 Å². The third kappa shape index (κ3) is 4.79. The zero-order chi connectivity index (χ0) is 20.1. The Morgan fingerprint density at radius 1 is 0.966 bits per heavy atom. The second-order valence-electron chi connectivity index (χ2n) is 6.52. The molecule has 0 saturated carbocycles. The number of benzene rings is 3. The van der Waals surface area contributed by atoms with Crippen LogP contribution in [0.2, 0.25) is 5.02 Å². The molecular formula is C24H19ClO4. The molecule has 0 N–H and O–H groups in total. The molecule has 3 aromatic rings. The van der Waals surface area contributed by atoms with Gasteiger partial charge in [0.05, 0.1) is 5.56 Å². The molecule has 0 atom stereocenters. The molecule has 4 nitrogen and oxygen atoms in total. The van der Waals surface area contributed by atoms with Gasteiger partial charge in [0.1, 0.15) is 25.6 Å². The van der Waals surface area contributed by atoms with Gasteiger partial charge in [-0.3, -0.25) is 4.79 Å². The lowest BCUT2D eigenvalue weighted by Gasteiger charge is -2.18. The van der Waals surface area contributed by atoms with Gasteiger partial charge in [-0.25, -0.2) is 0 Å². The molecule has 4 rings (SSSR count). The number of ether oxygens (including phenoxy) is 3. The second-order valence-corrected chi connectivity index (χ2v) is 6.95. The molecule has 0 bridgehead atoms. The van der Waals surface area contributed by atoms with Gasteiger partial charge < -0.3 is 14.2 Å². The highest BCUT2D eigenvalue weighted by atomic mass is 35.5. The van der Waals surface area contributed by atoms with Gasteiger partial charge in [0.25, 0.3) is 0 Å². The first-order valence-corrected chi connectivity index (χ1v) is 9.65. The first-order valence-electron chi connectivity index (χ1n) is 9.27. The topological polar surface area (TPSA) is 44.8 Å². The van der Waals surface area contributed by atoms with Crippen LogP contribution in [-0.4, -0.2) is 19.0 Å². The van der Waals surface area contributed by atoms with Crippen LogP contribution in [-0.2, 0) is 6.61 Å². The molecule has 29 heavy (non-hydrogen) atoms. The van der Waals surface area contributed by atoms with Gasteiger partial charge in [0.15, 0.2) is 17.3 Å². The van der Waals surface area contributed by atoms with Crippen molar-refractivity contribution in [1.29, 1.82) is 0 Å². The molecule has 0 aliphatic carbocycles. The Bertz CT molecular complexity index is 1040. The Kier molecular flexibility index (Phi) is 5.82. The van der Waals surface area contributed by atoms with Crippen LogP contribution in [0, 0.1) is 0 Å². The van der Waals surface area contributed by atoms with E-state index in [0.29, 0.717) is 47.7 Å². The van der Waals surface area contributed by atoms with Crippen molar-refractivity contribution in [1.82, 2.24) is 0 Å². The summed E-state index contributed by atoms with van der Waals surface area (Å²) in [5.41, 5.74) is 2.28. The third-order valence-corrected chi connectivity index (χ3v) is 4.67. The first kappa shape index (κ1) is 19.1. The standard InChI is InChI=1S/C24H19ClO4/c25-19-8-11-22(29-16-18-4-2-1-3-5-18)20(15-19)21(26)9-6-17-7-10-23-24(14-17)28-13-12-27-23/h1-11,14-15H,12-13,16H2. The molecule has 3 aromatic carbocycles. The lowest BCUT2D eigenvalue weighted by Crippen LogP contribution is -2.15. The zero-order valence-electron chi connectivity index (χ0n) is 15.6. The van der Waals surface area contributed by atoms with E-state index in [0.717, 1.165) is 11.1 Å². The largest absolute Gasteiger partial charge is 0.488 e. The van der Waals surface area contributed by atoms with Crippen molar-refractivity contribution in [2.45, 2.75) is 6.61 Å². The minimum absolute atomic E-state index is 0.189. The Balaban J connectivity index is 1.51. The summed E-state index contributed by atoms with van der Waals surface area (Å²) < 4.78 is 17.0. The normalized spacial score (nSPS) is 12.7. The number of halogens is 1. The summed E-state index contributed by atoms with van der Waals surface area (Å²) >= 11 is 6.11. The summed E-state index contributed by atoms with van der Waals surface area (Å²) in [7, 11) is 0. The molecular weight excluding hydrogens is 388 g/mol. The Hall–Kier alpha value is -3.24. The lowest BCUT2D eigenvalue weighted by atomic mass is 10.1. The lowest BCUT2D eigenvalue weighted by molar-refractivity contribution is 0.104. The fourth-order valence-corrected chi connectivity index (χ4v) is 3.15. The van der Waals surface area contributed by atoms with Crippen molar-refractivity contribution < 1.29 is 19.0 Å².